The molecule has 1 aliphatic rings. The first-order valence-electron chi connectivity index (χ1n) is 3.91. The zero-order valence-electron chi connectivity index (χ0n) is 6.57. The van der Waals surface area contributed by atoms with Gasteiger partial charge in [-0.3, -0.25) is 0 Å². The molecule has 0 saturated heterocycles. The van der Waals surface area contributed by atoms with E-state index in [0.29, 0.717) is 5.41 Å². The van der Waals surface area contributed by atoms with Gasteiger partial charge in [0.05, 0.1) is 0 Å². The van der Waals surface area contributed by atoms with Crippen molar-refractivity contribution in [1.82, 2.24) is 0 Å². The van der Waals surface area contributed by atoms with Gasteiger partial charge in [-0.15, -0.1) is 6.58 Å². The van der Waals surface area contributed by atoms with Gasteiger partial charge in [-0.1, -0.05) is 28.9 Å². The molecule has 0 N–H and O–H groups in total. The summed E-state index contributed by atoms with van der Waals surface area (Å²) in [5.74, 6) is 0. The van der Waals surface area contributed by atoms with Gasteiger partial charge in [0.2, 0.25) is 0 Å². The van der Waals surface area contributed by atoms with Gasteiger partial charge in [-0.25, -0.2) is 0 Å². The molecule has 1 rings (SSSR count). The van der Waals surface area contributed by atoms with Gasteiger partial charge in [-0.05, 0) is 31.1 Å². The number of allylic oxidation sites excluding steroid dienone is 1. The van der Waals surface area contributed by atoms with Gasteiger partial charge in [0.25, 0.3) is 0 Å². The minimum atomic E-state index is 0.552. The maximum Gasteiger partial charge on any atom is 0.0151 e. The molecule has 0 bridgehead atoms. The van der Waals surface area contributed by atoms with E-state index >= 15 is 0 Å². The summed E-state index contributed by atoms with van der Waals surface area (Å²) in [5, 5.41) is 0. The van der Waals surface area contributed by atoms with Gasteiger partial charge in [0, 0.05) is 4.83 Å². The molecule has 0 heterocycles. The molecule has 0 aromatic heterocycles. The monoisotopic (exact) mass is 202 g/mol. The molecule has 0 aromatic carbocycles. The number of rotatable bonds is 2. The second-order valence-corrected chi connectivity index (χ2v) is 4.94. The first kappa shape index (κ1) is 8.32. The van der Waals surface area contributed by atoms with E-state index in [9.17, 15) is 0 Å². The average Bonchev–Trinajstić information content (AvgIpc) is 2.12. The topological polar surface area (TPSA) is 0 Å². The number of alkyl halides is 1. The summed E-state index contributed by atoms with van der Waals surface area (Å²) in [6, 6.07) is 0. The molecule has 0 radical (unpaired) electrons. The van der Waals surface area contributed by atoms with Crippen molar-refractivity contribution in [2.24, 2.45) is 5.41 Å². The van der Waals surface area contributed by atoms with Crippen molar-refractivity contribution in [3.63, 3.8) is 0 Å². The summed E-state index contributed by atoms with van der Waals surface area (Å²) in [7, 11) is 0. The van der Waals surface area contributed by atoms with Crippen molar-refractivity contribution in [3.8, 4) is 0 Å². The Kier molecular flexibility index (Phi) is 2.56. The molecule has 58 valence electrons. The molecule has 0 amide bonds. The van der Waals surface area contributed by atoms with E-state index in [2.05, 4.69) is 29.4 Å². The standard InChI is InChI=1S/C9H15Br/c1-3-5-9(2)6-4-8(10)7-9/h3,8H,1,4-7H2,2H3. The lowest BCUT2D eigenvalue weighted by Crippen LogP contribution is -2.09. The van der Waals surface area contributed by atoms with Crippen LogP contribution in [0, 0.1) is 5.41 Å². The summed E-state index contributed by atoms with van der Waals surface area (Å²) in [5.41, 5.74) is 0.552. The van der Waals surface area contributed by atoms with Crippen LogP contribution < -0.4 is 0 Å². The number of hydrogen-bond acceptors (Lipinski definition) is 0. The van der Waals surface area contributed by atoms with E-state index in [1.54, 1.807) is 0 Å². The van der Waals surface area contributed by atoms with Crippen LogP contribution in [0.25, 0.3) is 0 Å². The lowest BCUT2D eigenvalue weighted by Gasteiger charge is -2.20. The third kappa shape index (κ3) is 1.85. The second-order valence-electron chi connectivity index (χ2n) is 3.64. The molecule has 1 aliphatic carbocycles. The van der Waals surface area contributed by atoms with Gasteiger partial charge in [0.15, 0.2) is 0 Å². The first-order valence-corrected chi connectivity index (χ1v) is 4.83. The van der Waals surface area contributed by atoms with E-state index in [1.165, 1.54) is 25.7 Å². The summed E-state index contributed by atoms with van der Waals surface area (Å²) in [6.07, 6.45) is 7.23. The molecule has 0 nitrogen and oxygen atoms in total. The van der Waals surface area contributed by atoms with Crippen molar-refractivity contribution >= 4 is 15.9 Å². The lowest BCUT2D eigenvalue weighted by molar-refractivity contribution is 0.343. The normalized spacial score (nSPS) is 40.0. The smallest absolute Gasteiger partial charge is 0.0151 e. The van der Waals surface area contributed by atoms with Crippen LogP contribution in [-0.2, 0) is 0 Å². The summed E-state index contributed by atoms with van der Waals surface area (Å²) >= 11 is 3.65. The second kappa shape index (κ2) is 3.08. The van der Waals surface area contributed by atoms with Crippen molar-refractivity contribution in [2.75, 3.05) is 0 Å². The Morgan fingerprint density at radius 1 is 1.80 bits per heavy atom. The fraction of sp³-hybridized carbons (Fsp3) is 0.778. The van der Waals surface area contributed by atoms with Gasteiger partial charge < -0.3 is 0 Å². The first-order chi connectivity index (χ1) is 4.66. The van der Waals surface area contributed by atoms with Gasteiger partial charge >= 0.3 is 0 Å². The maximum absolute atomic E-state index is 3.78. The maximum atomic E-state index is 3.78. The van der Waals surface area contributed by atoms with Crippen LogP contribution >= 0.6 is 15.9 Å². The van der Waals surface area contributed by atoms with E-state index in [4.69, 9.17) is 0 Å². The van der Waals surface area contributed by atoms with E-state index < -0.39 is 0 Å². The van der Waals surface area contributed by atoms with Crippen LogP contribution in [0.2, 0.25) is 0 Å². The Morgan fingerprint density at radius 3 is 2.90 bits per heavy atom. The van der Waals surface area contributed by atoms with Crippen LogP contribution in [-0.4, -0.2) is 4.83 Å². The predicted molar refractivity (Wildman–Crippen MR) is 49.5 cm³/mol. The molecule has 0 aromatic rings. The van der Waals surface area contributed by atoms with E-state index in [1.807, 2.05) is 6.08 Å². The Bertz CT molecular complexity index is 131. The quantitative estimate of drug-likeness (QED) is 0.475. The molecular weight excluding hydrogens is 188 g/mol. The fourth-order valence-electron chi connectivity index (χ4n) is 1.78. The molecule has 1 fully saturated rings. The van der Waals surface area contributed by atoms with Crippen molar-refractivity contribution in [3.05, 3.63) is 12.7 Å². The minimum Gasteiger partial charge on any atom is -0.103 e. The summed E-state index contributed by atoms with van der Waals surface area (Å²) < 4.78 is 0. The average molecular weight is 203 g/mol. The molecule has 1 saturated carbocycles. The molecule has 0 aliphatic heterocycles. The molecule has 2 atom stereocenters. The molecule has 1 heteroatoms. The van der Waals surface area contributed by atoms with Crippen molar-refractivity contribution < 1.29 is 0 Å². The Hall–Kier alpha value is 0.220. The predicted octanol–water partition coefficient (Wildman–Crippen LogP) is 3.52. The summed E-state index contributed by atoms with van der Waals surface area (Å²) in [4.78, 5) is 0.762. The molecule has 10 heavy (non-hydrogen) atoms. The Labute approximate surface area is 71.8 Å². The third-order valence-electron chi connectivity index (χ3n) is 2.41. The SMILES string of the molecule is C=CCC1(C)CCC(Br)C1. The van der Waals surface area contributed by atoms with Crippen LogP contribution in [0.3, 0.4) is 0 Å². The molecular formula is C9H15Br. The molecule has 0 spiro atoms. The highest BCUT2D eigenvalue weighted by Gasteiger charge is 2.32. The Balaban J connectivity index is 2.45. The van der Waals surface area contributed by atoms with Crippen LogP contribution in [0.15, 0.2) is 12.7 Å². The zero-order valence-corrected chi connectivity index (χ0v) is 8.15. The van der Waals surface area contributed by atoms with Gasteiger partial charge in [0.1, 0.15) is 0 Å². The number of hydrogen-bond donors (Lipinski definition) is 0. The zero-order chi connectivity index (χ0) is 7.61. The highest BCUT2D eigenvalue weighted by Crippen LogP contribution is 2.43. The summed E-state index contributed by atoms with van der Waals surface area (Å²) in [6.45, 7) is 6.14. The highest BCUT2D eigenvalue weighted by molar-refractivity contribution is 9.09. The van der Waals surface area contributed by atoms with Crippen LogP contribution in [0.4, 0.5) is 0 Å². The van der Waals surface area contributed by atoms with Crippen LogP contribution in [0.1, 0.15) is 32.6 Å². The van der Waals surface area contributed by atoms with Crippen LogP contribution in [0.5, 0.6) is 0 Å². The third-order valence-corrected chi connectivity index (χ3v) is 3.19. The van der Waals surface area contributed by atoms with Gasteiger partial charge in [-0.2, -0.15) is 0 Å². The van der Waals surface area contributed by atoms with Crippen molar-refractivity contribution in [2.45, 2.75) is 37.4 Å². The lowest BCUT2D eigenvalue weighted by atomic mass is 9.85. The minimum absolute atomic E-state index is 0.552. The van der Waals surface area contributed by atoms with E-state index in [0.717, 1.165) is 4.83 Å². The van der Waals surface area contributed by atoms with Crippen molar-refractivity contribution in [1.29, 1.82) is 0 Å². The Morgan fingerprint density at radius 2 is 2.50 bits per heavy atom. The highest BCUT2D eigenvalue weighted by atomic mass is 79.9. The molecule has 2 unspecified atom stereocenters. The fourth-order valence-corrected chi connectivity index (χ4v) is 2.79. The van der Waals surface area contributed by atoms with E-state index in [-0.39, 0.29) is 0 Å². The largest absolute Gasteiger partial charge is 0.103 e. The number of halogens is 1.